The Kier molecular flexibility index (Phi) is 9.82. The number of nitrogens with zero attached hydrogens (tertiary/aromatic N) is 1. The van der Waals surface area contributed by atoms with Gasteiger partial charge in [-0.05, 0) is 20.3 Å². The first-order valence-corrected chi connectivity index (χ1v) is 9.17. The number of hydrogen-bond acceptors (Lipinski definition) is 5. The minimum Gasteiger partial charge on any atom is -0.350 e. The van der Waals surface area contributed by atoms with Crippen LogP contribution in [0.15, 0.2) is 0 Å². The summed E-state index contributed by atoms with van der Waals surface area (Å²) >= 11 is 0. The van der Waals surface area contributed by atoms with E-state index in [-0.39, 0.29) is 18.4 Å². The molecule has 0 radical (unpaired) electrons. The zero-order valence-electron chi connectivity index (χ0n) is 14.4. The third-order valence-electron chi connectivity index (χ3n) is 4.28. The summed E-state index contributed by atoms with van der Waals surface area (Å²) in [6, 6.07) is 0. The fraction of sp³-hybridized carbons (Fsp3) is 0.929. The van der Waals surface area contributed by atoms with Gasteiger partial charge in [0.1, 0.15) is 13.2 Å². The number of carbonyl (C=O) groups is 1. The standard InChI is InChI=1S/C14H30N2O5S/c1-6-13(4)14(17)15-9-10-16(7-2,8-3)11-12-21-22(18,19)20-5/h13H,6-12H2,1-5H3/p+1. The van der Waals surface area contributed by atoms with Crippen molar-refractivity contribution < 1.29 is 26.1 Å². The Balaban J connectivity index is 4.41. The van der Waals surface area contributed by atoms with Gasteiger partial charge in [0.15, 0.2) is 0 Å². The van der Waals surface area contributed by atoms with Crippen LogP contribution >= 0.6 is 0 Å². The van der Waals surface area contributed by atoms with E-state index in [1.165, 1.54) is 0 Å². The molecule has 1 N–H and O–H groups in total. The number of rotatable bonds is 12. The molecule has 0 aromatic rings. The molecule has 0 saturated carbocycles. The highest BCUT2D eigenvalue weighted by Crippen LogP contribution is 2.07. The highest BCUT2D eigenvalue weighted by Gasteiger charge is 2.24. The van der Waals surface area contributed by atoms with Crippen LogP contribution in [0.25, 0.3) is 0 Å². The first kappa shape index (κ1) is 21.3. The Morgan fingerprint density at radius 1 is 1.18 bits per heavy atom. The van der Waals surface area contributed by atoms with Gasteiger partial charge >= 0.3 is 10.4 Å². The SMILES string of the molecule is CCC(C)C(=O)NCC[N+](CC)(CC)CCOS(=O)(=O)OC. The lowest BCUT2D eigenvalue weighted by Gasteiger charge is -2.36. The van der Waals surface area contributed by atoms with Gasteiger partial charge in [-0.1, -0.05) is 13.8 Å². The average molecular weight is 339 g/mol. The zero-order chi connectivity index (χ0) is 17.2. The molecule has 132 valence electrons. The lowest BCUT2D eigenvalue weighted by molar-refractivity contribution is -0.923. The van der Waals surface area contributed by atoms with E-state index in [2.05, 4.69) is 9.50 Å². The summed E-state index contributed by atoms with van der Waals surface area (Å²) in [5.41, 5.74) is 0. The molecule has 0 fully saturated rings. The topological polar surface area (TPSA) is 81.7 Å². The molecule has 0 bridgehead atoms. The lowest BCUT2D eigenvalue weighted by Crippen LogP contribution is -2.53. The Bertz CT molecular complexity index is 421. The van der Waals surface area contributed by atoms with Crippen molar-refractivity contribution in [2.45, 2.75) is 34.1 Å². The zero-order valence-corrected chi connectivity index (χ0v) is 15.2. The van der Waals surface area contributed by atoms with Crippen LogP contribution in [0.2, 0.25) is 0 Å². The number of hydrogen-bond donors (Lipinski definition) is 1. The molecule has 1 atom stereocenters. The summed E-state index contributed by atoms with van der Waals surface area (Å²) in [6.45, 7) is 11.6. The van der Waals surface area contributed by atoms with Gasteiger partial charge in [0.2, 0.25) is 5.91 Å². The molecule has 0 saturated heterocycles. The van der Waals surface area contributed by atoms with E-state index in [1.807, 2.05) is 27.7 Å². The maximum atomic E-state index is 11.8. The molecule has 0 spiro atoms. The highest BCUT2D eigenvalue weighted by atomic mass is 32.3. The molecule has 1 amide bonds. The molecule has 0 aliphatic carbocycles. The van der Waals surface area contributed by atoms with E-state index < -0.39 is 10.4 Å². The summed E-state index contributed by atoms with van der Waals surface area (Å²) in [4.78, 5) is 11.8. The predicted octanol–water partition coefficient (Wildman–Crippen LogP) is 0.913. The second kappa shape index (κ2) is 10.1. The van der Waals surface area contributed by atoms with E-state index >= 15 is 0 Å². The van der Waals surface area contributed by atoms with Crippen molar-refractivity contribution in [2.24, 2.45) is 5.92 Å². The van der Waals surface area contributed by atoms with Crippen molar-refractivity contribution in [2.75, 3.05) is 46.4 Å². The number of nitrogens with one attached hydrogen (secondary N) is 1. The molecule has 22 heavy (non-hydrogen) atoms. The maximum absolute atomic E-state index is 11.8. The van der Waals surface area contributed by atoms with Crippen LogP contribution in [0.5, 0.6) is 0 Å². The second-order valence-corrected chi connectivity index (χ2v) is 6.80. The molecular weight excluding hydrogens is 308 g/mol. The van der Waals surface area contributed by atoms with E-state index in [0.717, 1.165) is 33.2 Å². The molecule has 0 aliphatic rings. The van der Waals surface area contributed by atoms with Gasteiger partial charge in [0, 0.05) is 5.92 Å². The summed E-state index contributed by atoms with van der Waals surface area (Å²) in [5.74, 6) is 0.0753. The third-order valence-corrected chi connectivity index (χ3v) is 5.15. The predicted molar refractivity (Wildman–Crippen MR) is 85.4 cm³/mol. The van der Waals surface area contributed by atoms with Crippen LogP contribution in [0.1, 0.15) is 34.1 Å². The third kappa shape index (κ3) is 7.53. The van der Waals surface area contributed by atoms with Crippen molar-refractivity contribution >= 4 is 16.3 Å². The molecule has 1 unspecified atom stereocenters. The Morgan fingerprint density at radius 2 is 1.77 bits per heavy atom. The Labute approximate surface area is 134 Å². The molecule has 0 rings (SSSR count). The maximum Gasteiger partial charge on any atom is 0.399 e. The molecule has 0 heterocycles. The van der Waals surface area contributed by atoms with Gasteiger partial charge in [0.05, 0.1) is 33.3 Å². The van der Waals surface area contributed by atoms with Crippen molar-refractivity contribution in [1.82, 2.24) is 5.32 Å². The van der Waals surface area contributed by atoms with Gasteiger partial charge in [-0.15, -0.1) is 0 Å². The number of carbonyl (C=O) groups excluding carboxylic acids is 1. The smallest absolute Gasteiger partial charge is 0.350 e. The lowest BCUT2D eigenvalue weighted by atomic mass is 10.1. The molecule has 7 nitrogen and oxygen atoms in total. The Morgan fingerprint density at radius 3 is 2.23 bits per heavy atom. The van der Waals surface area contributed by atoms with E-state index in [9.17, 15) is 13.2 Å². The number of likely N-dealkylation sites (N-methyl/N-ethyl adjacent to an activating group) is 1. The van der Waals surface area contributed by atoms with Gasteiger partial charge in [-0.3, -0.25) is 8.98 Å². The first-order chi connectivity index (χ1) is 10.3. The molecule has 0 aliphatic heterocycles. The highest BCUT2D eigenvalue weighted by molar-refractivity contribution is 7.81. The minimum absolute atomic E-state index is 0.0142. The summed E-state index contributed by atoms with van der Waals surface area (Å²) in [7, 11) is -2.82. The van der Waals surface area contributed by atoms with Crippen LogP contribution in [0.4, 0.5) is 0 Å². The van der Waals surface area contributed by atoms with Gasteiger partial charge in [-0.25, -0.2) is 4.18 Å². The Hall–Kier alpha value is -0.700. The molecular formula is C14H31N2O5S+. The van der Waals surface area contributed by atoms with Crippen molar-refractivity contribution in [3.63, 3.8) is 0 Å². The van der Waals surface area contributed by atoms with E-state index in [1.54, 1.807) is 0 Å². The average Bonchev–Trinajstić information content (AvgIpc) is 2.52. The summed E-state index contributed by atoms with van der Waals surface area (Å²) < 4.78 is 32.0. The van der Waals surface area contributed by atoms with Crippen molar-refractivity contribution in [3.8, 4) is 0 Å². The fourth-order valence-corrected chi connectivity index (χ4v) is 2.50. The second-order valence-electron chi connectivity index (χ2n) is 5.42. The quantitative estimate of drug-likeness (QED) is 0.535. The summed E-state index contributed by atoms with van der Waals surface area (Å²) in [5, 5.41) is 2.94. The number of amides is 1. The largest absolute Gasteiger partial charge is 0.399 e. The van der Waals surface area contributed by atoms with Gasteiger partial charge in [0.25, 0.3) is 0 Å². The van der Waals surface area contributed by atoms with Crippen molar-refractivity contribution in [3.05, 3.63) is 0 Å². The van der Waals surface area contributed by atoms with Crippen LogP contribution in [-0.4, -0.2) is 65.2 Å². The minimum atomic E-state index is -3.89. The van der Waals surface area contributed by atoms with Crippen LogP contribution in [0, 0.1) is 5.92 Å². The van der Waals surface area contributed by atoms with Crippen LogP contribution in [-0.2, 0) is 23.6 Å². The van der Waals surface area contributed by atoms with E-state index in [4.69, 9.17) is 4.18 Å². The van der Waals surface area contributed by atoms with Gasteiger partial charge in [-0.2, -0.15) is 8.42 Å². The van der Waals surface area contributed by atoms with Crippen LogP contribution in [0.3, 0.4) is 0 Å². The van der Waals surface area contributed by atoms with Crippen LogP contribution < -0.4 is 5.32 Å². The normalized spacial score (nSPS) is 13.9. The van der Waals surface area contributed by atoms with Crippen molar-refractivity contribution in [1.29, 1.82) is 0 Å². The fourth-order valence-electron chi connectivity index (χ4n) is 2.12. The molecule has 0 aromatic heterocycles. The monoisotopic (exact) mass is 339 g/mol. The van der Waals surface area contributed by atoms with Gasteiger partial charge < -0.3 is 9.80 Å². The molecule has 8 heteroatoms. The number of quaternary nitrogens is 1. The first-order valence-electron chi connectivity index (χ1n) is 7.83. The van der Waals surface area contributed by atoms with E-state index in [0.29, 0.717) is 17.6 Å². The molecule has 0 aromatic carbocycles. The summed E-state index contributed by atoms with van der Waals surface area (Å²) in [6.07, 6.45) is 0.816.